The Bertz CT molecular complexity index is 2590. The number of fused-ring (bicyclic) bond motifs is 7. The number of unbranched alkanes of at least 4 members (excludes halogenated alkanes) is 17. The molecule has 2 aliphatic carbocycles. The highest BCUT2D eigenvalue weighted by Gasteiger charge is 2.43. The van der Waals surface area contributed by atoms with Crippen LogP contribution < -0.4 is 9.47 Å². The van der Waals surface area contributed by atoms with Gasteiger partial charge in [-0.1, -0.05) is 218 Å². The van der Waals surface area contributed by atoms with E-state index < -0.39 is 0 Å². The molecule has 8 rings (SSSR count). The molecule has 0 saturated carbocycles. The molecule has 0 spiro atoms. The SMILES string of the molecule is CCCCCCCCC1(C)c2cc(OCCCC)ccc2-c2ccc(-c3ccc(-c4ccc5c(c4)C(CCCCCCCC)(CCCCCCCC)c4cc(OCCCC)ccc4-5)c4nsnc34)cc21. The lowest BCUT2D eigenvalue weighted by Crippen LogP contribution is -2.25. The van der Waals surface area contributed by atoms with E-state index in [9.17, 15) is 0 Å². The minimum Gasteiger partial charge on any atom is -0.494 e. The van der Waals surface area contributed by atoms with Crippen molar-refractivity contribution in [2.24, 2.45) is 0 Å². The van der Waals surface area contributed by atoms with E-state index in [0.717, 1.165) is 67.9 Å². The highest BCUT2D eigenvalue weighted by molar-refractivity contribution is 7.00. The lowest BCUT2D eigenvalue weighted by Gasteiger charge is -2.33. The molecule has 4 nitrogen and oxygen atoms in total. The second kappa shape index (κ2) is 25.3. The molecule has 6 aromatic rings. The van der Waals surface area contributed by atoms with Crippen molar-refractivity contribution in [3.8, 4) is 56.0 Å². The molecule has 0 radical (unpaired) electrons. The molecule has 70 heavy (non-hydrogen) atoms. The third-order valence-electron chi connectivity index (χ3n) is 16.3. The maximum Gasteiger partial charge on any atom is 0.119 e. The van der Waals surface area contributed by atoms with Crippen LogP contribution in [0, 0.1) is 0 Å². The van der Waals surface area contributed by atoms with Gasteiger partial charge in [0.15, 0.2) is 0 Å². The lowest BCUT2D eigenvalue weighted by atomic mass is 9.70. The molecule has 5 aromatic carbocycles. The molecule has 0 amide bonds. The van der Waals surface area contributed by atoms with Crippen molar-refractivity contribution in [3.05, 3.63) is 107 Å². The quantitative estimate of drug-likeness (QED) is 0.0407. The summed E-state index contributed by atoms with van der Waals surface area (Å²) in [6, 6.07) is 33.2. The summed E-state index contributed by atoms with van der Waals surface area (Å²) in [4.78, 5) is 0. The van der Waals surface area contributed by atoms with Crippen molar-refractivity contribution in [1.82, 2.24) is 8.75 Å². The second-order valence-corrected chi connectivity index (χ2v) is 22.0. The lowest BCUT2D eigenvalue weighted by molar-refractivity contribution is 0.308. The number of benzene rings is 5. The van der Waals surface area contributed by atoms with Gasteiger partial charge >= 0.3 is 0 Å². The molecule has 0 aliphatic heterocycles. The Balaban J connectivity index is 1.15. The summed E-state index contributed by atoms with van der Waals surface area (Å²) in [7, 11) is 0. The average molecular weight is 959 g/mol. The molecular weight excluding hydrogens is 873 g/mol. The van der Waals surface area contributed by atoms with Gasteiger partial charge < -0.3 is 9.47 Å². The molecule has 1 atom stereocenters. The molecule has 0 N–H and O–H groups in total. The van der Waals surface area contributed by atoms with Gasteiger partial charge in [-0.2, -0.15) is 8.75 Å². The molecule has 0 fully saturated rings. The van der Waals surface area contributed by atoms with E-state index in [2.05, 4.69) is 126 Å². The van der Waals surface area contributed by atoms with E-state index in [1.165, 1.54) is 207 Å². The maximum atomic E-state index is 6.47. The van der Waals surface area contributed by atoms with Gasteiger partial charge in [0, 0.05) is 22.0 Å². The van der Waals surface area contributed by atoms with E-state index in [4.69, 9.17) is 18.2 Å². The van der Waals surface area contributed by atoms with Gasteiger partial charge in [0.2, 0.25) is 0 Å². The molecule has 1 heterocycles. The predicted molar refractivity (Wildman–Crippen MR) is 301 cm³/mol. The molecule has 0 bridgehead atoms. The van der Waals surface area contributed by atoms with Gasteiger partial charge in [0.25, 0.3) is 0 Å². The van der Waals surface area contributed by atoms with Crippen molar-refractivity contribution < 1.29 is 9.47 Å². The topological polar surface area (TPSA) is 44.2 Å². The van der Waals surface area contributed by atoms with Gasteiger partial charge in [-0.25, -0.2) is 0 Å². The number of aromatic nitrogens is 2. The largest absolute Gasteiger partial charge is 0.494 e. The normalized spacial score (nSPS) is 15.3. The fourth-order valence-electron chi connectivity index (χ4n) is 12.2. The summed E-state index contributed by atoms with van der Waals surface area (Å²) in [5.74, 6) is 2.03. The van der Waals surface area contributed by atoms with Crippen LogP contribution in [0.5, 0.6) is 11.5 Å². The van der Waals surface area contributed by atoms with Gasteiger partial charge in [0.1, 0.15) is 22.5 Å². The van der Waals surface area contributed by atoms with Crippen LogP contribution in [0.1, 0.15) is 224 Å². The third kappa shape index (κ3) is 11.4. The van der Waals surface area contributed by atoms with Gasteiger partial charge in [-0.05, 0) is 124 Å². The zero-order valence-corrected chi connectivity index (χ0v) is 45.1. The van der Waals surface area contributed by atoms with E-state index in [0.29, 0.717) is 0 Å². The number of rotatable bonds is 31. The van der Waals surface area contributed by atoms with Crippen LogP contribution in [0.4, 0.5) is 0 Å². The third-order valence-corrected chi connectivity index (χ3v) is 16.9. The highest BCUT2D eigenvalue weighted by atomic mass is 32.1. The fourth-order valence-corrected chi connectivity index (χ4v) is 12.8. The van der Waals surface area contributed by atoms with Crippen molar-refractivity contribution in [1.29, 1.82) is 0 Å². The smallest absolute Gasteiger partial charge is 0.119 e. The first-order chi connectivity index (χ1) is 34.4. The van der Waals surface area contributed by atoms with Crippen molar-refractivity contribution in [2.45, 2.75) is 213 Å². The summed E-state index contributed by atoms with van der Waals surface area (Å²) in [5, 5.41) is 0. The van der Waals surface area contributed by atoms with Crippen LogP contribution in [0.25, 0.3) is 55.5 Å². The van der Waals surface area contributed by atoms with Crippen molar-refractivity contribution in [3.63, 3.8) is 0 Å². The van der Waals surface area contributed by atoms with Gasteiger partial charge in [-0.15, -0.1) is 0 Å². The summed E-state index contributed by atoms with van der Waals surface area (Å²) in [6.45, 7) is 15.5. The number of hydrogen-bond acceptors (Lipinski definition) is 5. The Hall–Kier alpha value is -4.48. The number of hydrogen-bond donors (Lipinski definition) is 0. The highest BCUT2D eigenvalue weighted by Crippen LogP contribution is 2.57. The van der Waals surface area contributed by atoms with Crippen LogP contribution >= 0.6 is 11.7 Å². The molecule has 1 aromatic heterocycles. The first-order valence-corrected chi connectivity index (χ1v) is 29.2. The van der Waals surface area contributed by atoms with E-state index in [1.54, 1.807) is 0 Å². The maximum absolute atomic E-state index is 6.47. The Morgan fingerprint density at radius 1 is 0.371 bits per heavy atom. The monoisotopic (exact) mass is 959 g/mol. The van der Waals surface area contributed by atoms with Gasteiger partial charge in [0.05, 0.1) is 24.9 Å². The molecule has 2 aliphatic rings. The minimum absolute atomic E-state index is 0.0494. The molecular formula is C65H86N2O2S. The first-order valence-electron chi connectivity index (χ1n) is 28.5. The zero-order valence-electron chi connectivity index (χ0n) is 44.3. The van der Waals surface area contributed by atoms with E-state index in [1.807, 2.05) is 0 Å². The van der Waals surface area contributed by atoms with E-state index in [-0.39, 0.29) is 10.8 Å². The summed E-state index contributed by atoms with van der Waals surface area (Å²) < 4.78 is 23.0. The Morgan fingerprint density at radius 3 is 1.21 bits per heavy atom. The predicted octanol–water partition coefficient (Wildman–Crippen LogP) is 20.2. The first kappa shape index (κ1) is 51.9. The van der Waals surface area contributed by atoms with Crippen molar-refractivity contribution in [2.75, 3.05) is 13.2 Å². The second-order valence-electron chi connectivity index (χ2n) is 21.4. The van der Waals surface area contributed by atoms with Crippen LogP contribution in [-0.2, 0) is 10.8 Å². The standard InChI is InChI=1S/C65H86N2O2S/c1-7-12-17-20-23-26-39-64(6)58-44-48(29-33-54(58)55-35-31-50(46-59(55)64)68-42-15-10-4)52-37-38-53(63-62(52)66-70-67-63)49-30-34-56-57-36-32-51(69-43-16-11-5)47-61(57)65(60(56)45-49,40-27-24-21-18-13-8-2)41-28-25-22-19-14-9-3/h29-38,44-47H,7-28,39-43H2,1-6H3. The molecule has 5 heteroatoms. The number of nitrogens with zero attached hydrogens (tertiary/aromatic N) is 2. The number of ether oxygens (including phenoxy) is 2. The average Bonchev–Trinajstić information content (AvgIpc) is 4.05. The summed E-state index contributed by atoms with van der Waals surface area (Å²) in [5.41, 5.74) is 18.1. The van der Waals surface area contributed by atoms with Crippen LogP contribution in [0.2, 0.25) is 0 Å². The summed E-state index contributed by atoms with van der Waals surface area (Å²) >= 11 is 1.35. The minimum atomic E-state index is -0.100. The fraction of sp³-hybridized carbons (Fsp3) is 0.538. The van der Waals surface area contributed by atoms with Crippen LogP contribution in [0.15, 0.2) is 84.9 Å². The van der Waals surface area contributed by atoms with E-state index >= 15 is 0 Å². The zero-order chi connectivity index (χ0) is 48.8. The Morgan fingerprint density at radius 2 is 0.729 bits per heavy atom. The van der Waals surface area contributed by atoms with Crippen LogP contribution in [-0.4, -0.2) is 22.0 Å². The van der Waals surface area contributed by atoms with Gasteiger partial charge in [-0.3, -0.25) is 0 Å². The molecule has 374 valence electrons. The van der Waals surface area contributed by atoms with Crippen LogP contribution in [0.3, 0.4) is 0 Å². The van der Waals surface area contributed by atoms with Crippen molar-refractivity contribution >= 4 is 22.8 Å². The summed E-state index contributed by atoms with van der Waals surface area (Å²) in [6.07, 6.45) is 31.3. The molecule has 1 unspecified atom stereocenters. The molecule has 0 saturated heterocycles. The Labute approximate surface area is 428 Å². The Kier molecular flexibility index (Phi) is 18.7.